The van der Waals surface area contributed by atoms with Gasteiger partial charge in [0.2, 0.25) is 6.93 Å². The van der Waals surface area contributed by atoms with E-state index in [2.05, 4.69) is 0 Å². The summed E-state index contributed by atoms with van der Waals surface area (Å²) in [6.07, 6.45) is 2.35. The molecule has 2 aliphatic carbocycles. The van der Waals surface area contributed by atoms with Crippen molar-refractivity contribution in [3.8, 4) is 11.1 Å². The van der Waals surface area contributed by atoms with Gasteiger partial charge in [-0.05, 0) is 78.0 Å². The molecule has 0 aliphatic heterocycles. The third kappa shape index (κ3) is 5.03. The number of aliphatic hydroxyl groups excluding tert-OH is 1. The van der Waals surface area contributed by atoms with E-state index in [-0.39, 0.29) is 17.2 Å². The first-order chi connectivity index (χ1) is 17.2. The Morgan fingerprint density at radius 2 is 1.53 bits per heavy atom. The van der Waals surface area contributed by atoms with E-state index in [0.717, 1.165) is 31.4 Å². The number of aliphatic hydroxyl groups is 1. The van der Waals surface area contributed by atoms with Crippen molar-refractivity contribution in [2.24, 2.45) is 5.41 Å². The molecule has 1 heterocycles. The lowest BCUT2D eigenvalue weighted by molar-refractivity contribution is 0.0246. The van der Waals surface area contributed by atoms with Crippen LogP contribution in [0.1, 0.15) is 85.8 Å². The van der Waals surface area contributed by atoms with E-state index in [1.54, 1.807) is 12.1 Å². The fourth-order valence-electron chi connectivity index (χ4n) is 5.60. The van der Waals surface area contributed by atoms with E-state index < -0.39 is 25.0 Å². The average molecular weight is 504 g/mol. The molecular formula is C29H30F5NO. The van der Waals surface area contributed by atoms with Crippen LogP contribution in [0.5, 0.6) is 0 Å². The summed E-state index contributed by atoms with van der Waals surface area (Å²) in [5, 5.41) is 11.3. The molecule has 0 radical (unpaired) electrons. The Morgan fingerprint density at radius 3 is 2.03 bits per heavy atom. The summed E-state index contributed by atoms with van der Waals surface area (Å²) < 4.78 is 62.8. The smallest absolute Gasteiger partial charge is 0.229 e. The lowest BCUT2D eigenvalue weighted by Crippen LogP contribution is -2.38. The van der Waals surface area contributed by atoms with Crippen molar-refractivity contribution in [2.75, 3.05) is 6.93 Å². The minimum atomic E-state index is -1.75. The topological polar surface area (TPSA) is 33.1 Å². The SMILES string of the molecule is CC(C)c1nc2c(c(-c3ccc(F)cc3)c1C(F)c1ccc(F)cc1)C(O)CC1(CCC1)C2.FCF. The van der Waals surface area contributed by atoms with E-state index >= 15 is 4.39 Å². The predicted octanol–water partition coefficient (Wildman–Crippen LogP) is 8.24. The highest BCUT2D eigenvalue weighted by Crippen LogP contribution is 2.56. The second-order valence-electron chi connectivity index (χ2n) is 10.1. The molecule has 2 unspecified atom stereocenters. The van der Waals surface area contributed by atoms with Gasteiger partial charge in [0.15, 0.2) is 6.17 Å². The van der Waals surface area contributed by atoms with Gasteiger partial charge >= 0.3 is 0 Å². The normalized spacial score (nSPS) is 18.8. The predicted molar refractivity (Wildman–Crippen MR) is 130 cm³/mol. The highest BCUT2D eigenvalue weighted by molar-refractivity contribution is 5.75. The van der Waals surface area contributed by atoms with Crippen LogP contribution in [0.2, 0.25) is 0 Å². The molecule has 2 atom stereocenters. The molecule has 36 heavy (non-hydrogen) atoms. The molecule has 0 bridgehead atoms. The van der Waals surface area contributed by atoms with Gasteiger partial charge in [-0.15, -0.1) is 0 Å². The van der Waals surface area contributed by atoms with Crippen LogP contribution < -0.4 is 0 Å². The second-order valence-corrected chi connectivity index (χ2v) is 10.1. The molecule has 0 saturated heterocycles. The van der Waals surface area contributed by atoms with Crippen molar-refractivity contribution in [3.05, 3.63) is 88.2 Å². The van der Waals surface area contributed by atoms with E-state index in [4.69, 9.17) is 4.98 Å². The van der Waals surface area contributed by atoms with Crippen LogP contribution in [0.15, 0.2) is 48.5 Å². The lowest BCUT2D eigenvalue weighted by atomic mass is 9.59. The van der Waals surface area contributed by atoms with Gasteiger partial charge in [0, 0.05) is 16.8 Å². The molecule has 1 spiro atoms. The molecule has 192 valence electrons. The fraction of sp³-hybridized carbons (Fsp3) is 0.414. The Hall–Kier alpha value is -2.80. The van der Waals surface area contributed by atoms with Crippen LogP contribution >= 0.6 is 0 Å². The summed E-state index contributed by atoms with van der Waals surface area (Å²) in [6, 6.07) is 11.4. The largest absolute Gasteiger partial charge is 0.388 e. The number of pyridine rings is 1. The standard InChI is InChI=1S/C28H28F3NO.CH2F2/c1-16(2)27-25(26(31)18-6-10-20(30)11-7-18)23(17-4-8-19(29)9-5-17)24-21(32-27)14-28(12-3-13-28)15-22(24)33;2-1-3/h4-11,16,22,26,33H,3,12-15H2,1-2H3;1H2. The summed E-state index contributed by atoms with van der Waals surface area (Å²) in [4.78, 5) is 4.96. The Labute approximate surface area is 208 Å². The molecular weight excluding hydrogens is 473 g/mol. The van der Waals surface area contributed by atoms with Crippen LogP contribution in [-0.2, 0) is 6.42 Å². The number of hydrogen-bond donors (Lipinski definition) is 1. The van der Waals surface area contributed by atoms with E-state index in [0.29, 0.717) is 39.9 Å². The molecule has 5 rings (SSSR count). The maximum absolute atomic E-state index is 16.3. The monoisotopic (exact) mass is 503 g/mol. The van der Waals surface area contributed by atoms with E-state index in [1.807, 2.05) is 13.8 Å². The van der Waals surface area contributed by atoms with Gasteiger partial charge in [0.25, 0.3) is 0 Å². The van der Waals surface area contributed by atoms with Gasteiger partial charge < -0.3 is 5.11 Å². The number of rotatable bonds is 4. The van der Waals surface area contributed by atoms with Crippen molar-refractivity contribution in [3.63, 3.8) is 0 Å². The first kappa shape index (κ1) is 26.3. The quantitative estimate of drug-likeness (QED) is 0.364. The van der Waals surface area contributed by atoms with Crippen molar-refractivity contribution in [2.45, 2.75) is 64.1 Å². The van der Waals surface area contributed by atoms with Gasteiger partial charge in [-0.1, -0.05) is 44.5 Å². The zero-order chi connectivity index (χ0) is 26.0. The van der Waals surface area contributed by atoms with Gasteiger partial charge in [0.05, 0.1) is 11.8 Å². The van der Waals surface area contributed by atoms with Crippen LogP contribution in [-0.4, -0.2) is 17.0 Å². The molecule has 0 amide bonds. The van der Waals surface area contributed by atoms with Crippen LogP contribution in [0.3, 0.4) is 0 Å². The number of halogens is 5. The molecule has 3 aromatic rings. The third-order valence-electron chi connectivity index (χ3n) is 7.39. The summed E-state index contributed by atoms with van der Waals surface area (Å²) in [7, 11) is 0. The van der Waals surface area contributed by atoms with Crippen molar-refractivity contribution in [1.82, 2.24) is 4.98 Å². The number of hydrogen-bond acceptors (Lipinski definition) is 2. The molecule has 2 aliphatic rings. The highest BCUT2D eigenvalue weighted by Gasteiger charge is 2.45. The Bertz CT molecular complexity index is 1190. The van der Waals surface area contributed by atoms with Crippen molar-refractivity contribution >= 4 is 0 Å². The number of alkyl halides is 3. The number of benzene rings is 2. The van der Waals surface area contributed by atoms with Crippen LogP contribution in [0.4, 0.5) is 22.0 Å². The Kier molecular flexibility index (Phi) is 7.79. The van der Waals surface area contributed by atoms with Crippen LogP contribution in [0, 0.1) is 17.0 Å². The minimum Gasteiger partial charge on any atom is -0.388 e. The molecule has 2 aromatic carbocycles. The Balaban J connectivity index is 0.000000967. The first-order valence-electron chi connectivity index (χ1n) is 12.2. The molecule has 1 saturated carbocycles. The first-order valence-corrected chi connectivity index (χ1v) is 12.2. The van der Waals surface area contributed by atoms with Crippen LogP contribution in [0.25, 0.3) is 11.1 Å². The summed E-state index contributed by atoms with van der Waals surface area (Å²) >= 11 is 0. The molecule has 1 aromatic heterocycles. The maximum Gasteiger partial charge on any atom is 0.229 e. The number of fused-ring (bicyclic) bond motifs is 1. The molecule has 2 nitrogen and oxygen atoms in total. The zero-order valence-corrected chi connectivity index (χ0v) is 20.4. The number of nitrogens with zero attached hydrogens (tertiary/aromatic N) is 1. The maximum atomic E-state index is 16.3. The molecule has 7 heteroatoms. The van der Waals surface area contributed by atoms with Crippen molar-refractivity contribution < 1.29 is 27.1 Å². The van der Waals surface area contributed by atoms with Gasteiger partial charge in [-0.2, -0.15) is 0 Å². The minimum absolute atomic E-state index is 0.0698. The Morgan fingerprint density at radius 1 is 0.972 bits per heavy atom. The molecule has 1 N–H and O–H groups in total. The fourth-order valence-corrected chi connectivity index (χ4v) is 5.60. The van der Waals surface area contributed by atoms with Gasteiger partial charge in [-0.25, -0.2) is 22.0 Å². The van der Waals surface area contributed by atoms with Gasteiger partial charge in [-0.3, -0.25) is 4.98 Å². The summed E-state index contributed by atoms with van der Waals surface area (Å²) in [6.45, 7) is 2.20. The number of aromatic nitrogens is 1. The van der Waals surface area contributed by atoms with Crippen molar-refractivity contribution in [1.29, 1.82) is 0 Å². The van der Waals surface area contributed by atoms with Gasteiger partial charge in [0.1, 0.15) is 11.6 Å². The van der Waals surface area contributed by atoms with E-state index in [1.165, 1.54) is 36.4 Å². The second kappa shape index (κ2) is 10.7. The third-order valence-corrected chi connectivity index (χ3v) is 7.39. The summed E-state index contributed by atoms with van der Waals surface area (Å²) in [5.74, 6) is -0.880. The zero-order valence-electron chi connectivity index (χ0n) is 20.4. The van der Waals surface area contributed by atoms with E-state index in [9.17, 15) is 22.7 Å². The lowest BCUT2D eigenvalue weighted by Gasteiger charge is -2.47. The molecule has 1 fully saturated rings. The average Bonchev–Trinajstić information content (AvgIpc) is 2.83. The summed E-state index contributed by atoms with van der Waals surface area (Å²) in [5.41, 5.74) is 4.14. The highest BCUT2D eigenvalue weighted by atomic mass is 19.3.